The number of pyridine rings is 1. The van der Waals surface area contributed by atoms with Crippen LogP contribution in [0.5, 0.6) is 0 Å². The molecule has 1 fully saturated rings. The Morgan fingerprint density at radius 2 is 1.70 bits per heavy atom. The van der Waals surface area contributed by atoms with Gasteiger partial charge in [0.25, 0.3) is 5.95 Å². The third-order valence-corrected chi connectivity index (χ3v) is 7.58. The molecule has 0 saturated heterocycles. The number of cyclic esters (lactones) is 1. The third kappa shape index (κ3) is 6.35. The van der Waals surface area contributed by atoms with E-state index in [1.54, 1.807) is 0 Å². The highest BCUT2D eigenvalue weighted by Crippen LogP contribution is 2.46. The molecule has 0 radical (unpaired) electrons. The molecule has 3 N–H and O–H groups in total. The number of carbonyl (C=O) groups excluding carboxylic acids is 1. The van der Waals surface area contributed by atoms with Crippen molar-refractivity contribution in [3.63, 3.8) is 0 Å². The van der Waals surface area contributed by atoms with Gasteiger partial charge in [0.2, 0.25) is 0 Å². The van der Waals surface area contributed by atoms with Gasteiger partial charge in [0, 0.05) is 35.6 Å². The van der Waals surface area contributed by atoms with E-state index in [0.717, 1.165) is 67.7 Å². The van der Waals surface area contributed by atoms with Gasteiger partial charge in [-0.05, 0) is 82.1 Å². The van der Waals surface area contributed by atoms with Gasteiger partial charge < -0.3 is 15.6 Å². The molecule has 8 nitrogen and oxygen atoms in total. The molecule has 3 heterocycles. The molecule has 1 saturated carbocycles. The normalized spacial score (nSPS) is 21.0. The molecule has 2 aromatic rings. The maximum Gasteiger partial charge on any atom is 0.338 e. The standard InChI is InChI=1S/C29H39N5O3/c1-5-22-14-20(15-23(6-2)33-22)11-12-29(21-9-7-8-10-21)17-25(35)24(27(36)37-29)16-26(30)34-28-31-18(3)13-19(4)32-28/h13-15,21,35H,5-12,16-17H2,1-4H3,(H2,30,31,32,34)/t29-/m1/s1. The average Bonchev–Trinajstić information content (AvgIpc) is 3.40. The SMILES string of the molecule is CCc1cc(CC[C@]2(C3CCCC3)CC(O)=C(CC(N)=Nc3nc(C)cc(C)n3)C(=O)O2)cc(CC)n1. The Bertz CT molecular complexity index is 1170. The minimum Gasteiger partial charge on any atom is -0.512 e. The van der Waals surface area contributed by atoms with Crippen molar-refractivity contribution in [1.82, 2.24) is 15.0 Å². The molecule has 198 valence electrons. The first-order chi connectivity index (χ1) is 17.7. The topological polar surface area (TPSA) is 124 Å². The third-order valence-electron chi connectivity index (χ3n) is 7.58. The molecule has 37 heavy (non-hydrogen) atoms. The van der Waals surface area contributed by atoms with Crippen LogP contribution in [-0.4, -0.2) is 37.5 Å². The van der Waals surface area contributed by atoms with Gasteiger partial charge in [0.1, 0.15) is 17.2 Å². The zero-order chi connectivity index (χ0) is 26.6. The highest BCUT2D eigenvalue weighted by Gasteiger charge is 2.48. The summed E-state index contributed by atoms with van der Waals surface area (Å²) in [6.07, 6.45) is 7.72. The van der Waals surface area contributed by atoms with Gasteiger partial charge in [-0.3, -0.25) is 4.98 Å². The van der Waals surface area contributed by atoms with Crippen LogP contribution in [0.15, 0.2) is 34.5 Å². The second-order valence-electron chi connectivity index (χ2n) is 10.4. The summed E-state index contributed by atoms with van der Waals surface area (Å²) in [7, 11) is 0. The molecule has 8 heteroatoms. The molecular formula is C29H39N5O3. The number of hydrogen-bond donors (Lipinski definition) is 2. The lowest BCUT2D eigenvalue weighted by molar-refractivity contribution is -0.167. The monoisotopic (exact) mass is 505 g/mol. The fraction of sp³-hybridized carbons (Fsp3) is 0.552. The Hall–Kier alpha value is -3.29. The van der Waals surface area contributed by atoms with Crippen molar-refractivity contribution in [1.29, 1.82) is 0 Å². The van der Waals surface area contributed by atoms with Crippen molar-refractivity contribution in [2.24, 2.45) is 16.6 Å². The minimum atomic E-state index is -0.716. The van der Waals surface area contributed by atoms with Gasteiger partial charge in [-0.1, -0.05) is 26.7 Å². The number of ether oxygens (including phenoxy) is 1. The van der Waals surface area contributed by atoms with E-state index in [0.29, 0.717) is 12.8 Å². The first-order valence-corrected chi connectivity index (χ1v) is 13.5. The van der Waals surface area contributed by atoms with E-state index in [1.807, 2.05) is 19.9 Å². The van der Waals surface area contributed by atoms with E-state index in [2.05, 4.69) is 40.9 Å². The number of aliphatic hydroxyl groups is 1. The van der Waals surface area contributed by atoms with Crippen LogP contribution in [0.1, 0.15) is 87.1 Å². The summed E-state index contributed by atoms with van der Waals surface area (Å²) >= 11 is 0. The van der Waals surface area contributed by atoms with Gasteiger partial charge >= 0.3 is 5.97 Å². The lowest BCUT2D eigenvalue weighted by Crippen LogP contribution is -2.46. The second-order valence-corrected chi connectivity index (χ2v) is 10.4. The number of nitrogens with two attached hydrogens (primary N) is 1. The van der Waals surface area contributed by atoms with Crippen LogP contribution in [0, 0.1) is 19.8 Å². The summed E-state index contributed by atoms with van der Waals surface area (Å²) in [4.78, 5) is 30.8. The first-order valence-electron chi connectivity index (χ1n) is 13.5. The Kier molecular flexibility index (Phi) is 8.25. The average molecular weight is 506 g/mol. The van der Waals surface area contributed by atoms with Crippen molar-refractivity contribution in [3.8, 4) is 0 Å². The number of aliphatic imine (C=N–C) groups is 1. The van der Waals surface area contributed by atoms with Crippen LogP contribution in [0.25, 0.3) is 0 Å². The predicted molar refractivity (Wildman–Crippen MR) is 144 cm³/mol. The zero-order valence-electron chi connectivity index (χ0n) is 22.5. The van der Waals surface area contributed by atoms with Gasteiger partial charge in [-0.15, -0.1) is 0 Å². The van der Waals surface area contributed by atoms with Crippen molar-refractivity contribution < 1.29 is 14.6 Å². The number of aromatic nitrogens is 3. The van der Waals surface area contributed by atoms with E-state index in [-0.39, 0.29) is 35.5 Å². The molecule has 1 aliphatic carbocycles. The Balaban J connectivity index is 1.57. The quantitative estimate of drug-likeness (QED) is 0.269. The number of aryl methyl sites for hydroxylation is 5. The summed E-state index contributed by atoms with van der Waals surface area (Å²) < 4.78 is 6.25. The number of rotatable bonds is 9. The maximum absolute atomic E-state index is 13.3. The van der Waals surface area contributed by atoms with Crippen LogP contribution in [-0.2, 0) is 28.8 Å². The summed E-state index contributed by atoms with van der Waals surface area (Å²) in [6.45, 7) is 7.94. The van der Waals surface area contributed by atoms with Gasteiger partial charge in [-0.2, -0.15) is 4.99 Å². The molecular weight excluding hydrogens is 466 g/mol. The maximum atomic E-state index is 13.3. The fourth-order valence-electron chi connectivity index (χ4n) is 5.68. The van der Waals surface area contributed by atoms with E-state index in [4.69, 9.17) is 15.5 Å². The molecule has 0 unspecified atom stereocenters. The highest BCUT2D eigenvalue weighted by atomic mass is 16.6. The lowest BCUT2D eigenvalue weighted by Gasteiger charge is -2.42. The van der Waals surface area contributed by atoms with Crippen molar-refractivity contribution in [3.05, 3.63) is 57.9 Å². The van der Waals surface area contributed by atoms with Gasteiger partial charge in [0.15, 0.2) is 0 Å². The number of hydrogen-bond acceptors (Lipinski definition) is 7. The van der Waals surface area contributed by atoms with Crippen LogP contribution >= 0.6 is 0 Å². The lowest BCUT2D eigenvalue weighted by atomic mass is 9.76. The molecule has 1 atom stereocenters. The van der Waals surface area contributed by atoms with Crippen LogP contribution in [0.2, 0.25) is 0 Å². The summed E-state index contributed by atoms with van der Waals surface area (Å²) in [5, 5.41) is 11.1. The molecule has 4 rings (SSSR count). The largest absolute Gasteiger partial charge is 0.512 e. The Morgan fingerprint density at radius 3 is 2.27 bits per heavy atom. The first kappa shape index (κ1) is 26.8. The number of amidine groups is 1. The smallest absolute Gasteiger partial charge is 0.338 e. The van der Waals surface area contributed by atoms with E-state index in [1.165, 1.54) is 5.56 Å². The Labute approximate surface area is 219 Å². The zero-order valence-corrected chi connectivity index (χ0v) is 22.5. The number of aliphatic hydroxyl groups excluding tert-OH is 1. The fourth-order valence-corrected chi connectivity index (χ4v) is 5.68. The highest BCUT2D eigenvalue weighted by molar-refractivity contribution is 5.98. The van der Waals surface area contributed by atoms with Crippen molar-refractivity contribution in [2.75, 3.05) is 0 Å². The molecule has 0 bridgehead atoms. The van der Waals surface area contributed by atoms with Gasteiger partial charge in [-0.25, -0.2) is 14.8 Å². The molecule has 2 aliphatic rings. The van der Waals surface area contributed by atoms with E-state index < -0.39 is 11.6 Å². The van der Waals surface area contributed by atoms with Crippen LogP contribution < -0.4 is 5.73 Å². The molecule has 0 spiro atoms. The number of carbonyl (C=O) groups is 1. The van der Waals surface area contributed by atoms with Gasteiger partial charge in [0.05, 0.1) is 5.57 Å². The molecule has 1 aliphatic heterocycles. The summed E-state index contributed by atoms with van der Waals surface area (Å²) in [6, 6.07) is 6.15. The number of esters is 1. The summed E-state index contributed by atoms with van der Waals surface area (Å²) in [5.74, 6) is 0.185. The van der Waals surface area contributed by atoms with Crippen LogP contribution in [0.4, 0.5) is 5.95 Å². The molecule has 2 aromatic heterocycles. The van der Waals surface area contributed by atoms with Crippen LogP contribution in [0.3, 0.4) is 0 Å². The van der Waals surface area contributed by atoms with Crippen molar-refractivity contribution in [2.45, 2.75) is 97.5 Å². The molecule has 0 amide bonds. The number of nitrogens with zero attached hydrogens (tertiary/aromatic N) is 4. The van der Waals surface area contributed by atoms with E-state index >= 15 is 0 Å². The van der Waals surface area contributed by atoms with E-state index in [9.17, 15) is 9.90 Å². The van der Waals surface area contributed by atoms with Crippen molar-refractivity contribution >= 4 is 17.8 Å². The minimum absolute atomic E-state index is 0.00810. The second kappa shape index (κ2) is 11.4. The molecule has 0 aromatic carbocycles. The summed E-state index contributed by atoms with van der Waals surface area (Å²) in [5.41, 5.74) is 10.5. The predicted octanol–water partition coefficient (Wildman–Crippen LogP) is 5.31. The Morgan fingerprint density at radius 1 is 1.08 bits per heavy atom.